The van der Waals surface area contributed by atoms with Gasteiger partial charge in [0.15, 0.2) is 0 Å². The minimum Gasteiger partial charge on any atom is -0.481 e. The molecule has 1 aliphatic carbocycles. The van der Waals surface area contributed by atoms with Gasteiger partial charge in [0.1, 0.15) is 0 Å². The highest BCUT2D eigenvalue weighted by atomic mass is 16.4. The molecule has 19 heavy (non-hydrogen) atoms. The van der Waals surface area contributed by atoms with Crippen LogP contribution in [0.4, 0.5) is 0 Å². The fourth-order valence-corrected chi connectivity index (χ4v) is 3.26. The van der Waals surface area contributed by atoms with E-state index in [-0.39, 0.29) is 6.42 Å². The molecule has 0 saturated heterocycles. The molecule has 4 heteroatoms. The zero-order valence-electron chi connectivity index (χ0n) is 12.1. The van der Waals surface area contributed by atoms with Crippen molar-refractivity contribution < 1.29 is 9.90 Å². The molecule has 106 valence electrons. The van der Waals surface area contributed by atoms with Crippen LogP contribution >= 0.6 is 0 Å². The molecule has 0 radical (unpaired) electrons. The van der Waals surface area contributed by atoms with Crippen molar-refractivity contribution in [1.82, 2.24) is 9.78 Å². The van der Waals surface area contributed by atoms with Gasteiger partial charge in [0.25, 0.3) is 0 Å². The van der Waals surface area contributed by atoms with Gasteiger partial charge in [-0.15, -0.1) is 0 Å². The highest BCUT2D eigenvalue weighted by Crippen LogP contribution is 2.34. The van der Waals surface area contributed by atoms with Gasteiger partial charge in [-0.3, -0.25) is 9.48 Å². The minimum atomic E-state index is -0.777. The van der Waals surface area contributed by atoms with Crippen LogP contribution in [0.25, 0.3) is 0 Å². The van der Waals surface area contributed by atoms with Crippen LogP contribution in [-0.2, 0) is 11.2 Å². The molecule has 1 aliphatic rings. The number of aliphatic carboxylic acids is 1. The lowest BCUT2D eigenvalue weighted by molar-refractivity contribution is -0.136. The molecule has 1 heterocycles. The summed E-state index contributed by atoms with van der Waals surface area (Å²) in [5.74, 6) is 0.0900. The number of carbonyl (C=O) groups is 1. The Morgan fingerprint density at radius 3 is 2.47 bits per heavy atom. The average molecular weight is 264 g/mol. The Balaban J connectivity index is 2.15. The van der Waals surface area contributed by atoms with E-state index in [1.54, 1.807) is 0 Å². The van der Waals surface area contributed by atoms with Gasteiger partial charge in [0.2, 0.25) is 0 Å². The SMILES string of the molecule is CCC1CCC(n2nc(C)c(CC(=O)O)c2C)CC1. The Hall–Kier alpha value is -1.32. The summed E-state index contributed by atoms with van der Waals surface area (Å²) in [6, 6.07) is 0.462. The second kappa shape index (κ2) is 5.76. The molecule has 1 N–H and O–H groups in total. The normalized spacial score (nSPS) is 23.5. The summed E-state index contributed by atoms with van der Waals surface area (Å²) >= 11 is 0. The van der Waals surface area contributed by atoms with Crippen LogP contribution in [-0.4, -0.2) is 20.9 Å². The lowest BCUT2D eigenvalue weighted by Crippen LogP contribution is -2.20. The Morgan fingerprint density at radius 2 is 1.95 bits per heavy atom. The third kappa shape index (κ3) is 2.99. The van der Waals surface area contributed by atoms with Gasteiger partial charge in [-0.05, 0) is 45.4 Å². The van der Waals surface area contributed by atoms with E-state index in [1.807, 2.05) is 13.8 Å². The lowest BCUT2D eigenvalue weighted by atomic mass is 9.84. The third-order valence-corrected chi connectivity index (χ3v) is 4.54. The molecule has 1 aromatic heterocycles. The van der Waals surface area contributed by atoms with Crippen LogP contribution in [0.2, 0.25) is 0 Å². The van der Waals surface area contributed by atoms with Crippen molar-refractivity contribution in [1.29, 1.82) is 0 Å². The average Bonchev–Trinajstić information content (AvgIpc) is 2.66. The molecule has 0 atom stereocenters. The first-order valence-corrected chi connectivity index (χ1v) is 7.29. The Morgan fingerprint density at radius 1 is 1.32 bits per heavy atom. The summed E-state index contributed by atoms with van der Waals surface area (Å²) in [7, 11) is 0. The molecule has 0 spiro atoms. The number of aromatic nitrogens is 2. The number of nitrogens with zero attached hydrogens (tertiary/aromatic N) is 2. The lowest BCUT2D eigenvalue weighted by Gasteiger charge is -2.28. The molecular formula is C15H24N2O2. The first-order chi connectivity index (χ1) is 9.02. The molecule has 0 aliphatic heterocycles. The summed E-state index contributed by atoms with van der Waals surface area (Å²) in [5, 5.41) is 13.6. The fraction of sp³-hybridized carbons (Fsp3) is 0.733. The van der Waals surface area contributed by atoms with Gasteiger partial charge in [-0.2, -0.15) is 5.10 Å². The van der Waals surface area contributed by atoms with Gasteiger partial charge in [-0.1, -0.05) is 13.3 Å². The molecule has 2 rings (SSSR count). The van der Waals surface area contributed by atoms with E-state index in [2.05, 4.69) is 16.7 Å². The van der Waals surface area contributed by atoms with Gasteiger partial charge in [-0.25, -0.2) is 0 Å². The molecule has 0 aromatic carbocycles. The first-order valence-electron chi connectivity index (χ1n) is 7.29. The second-order valence-corrected chi connectivity index (χ2v) is 5.75. The number of carboxylic acid groups (broad SMARTS) is 1. The van der Waals surface area contributed by atoms with Gasteiger partial charge >= 0.3 is 5.97 Å². The van der Waals surface area contributed by atoms with E-state index in [9.17, 15) is 4.79 Å². The number of hydrogen-bond donors (Lipinski definition) is 1. The van der Waals surface area contributed by atoms with Crippen LogP contribution in [0.1, 0.15) is 62.0 Å². The van der Waals surface area contributed by atoms with Gasteiger partial charge in [0.05, 0.1) is 18.2 Å². The molecule has 1 fully saturated rings. The summed E-state index contributed by atoms with van der Waals surface area (Å²) in [6.45, 7) is 6.18. The second-order valence-electron chi connectivity index (χ2n) is 5.75. The van der Waals surface area contributed by atoms with Crippen LogP contribution in [0.5, 0.6) is 0 Å². The Labute approximate surface area is 114 Å². The van der Waals surface area contributed by atoms with Crippen molar-refractivity contribution in [3.05, 3.63) is 17.0 Å². The van der Waals surface area contributed by atoms with E-state index < -0.39 is 5.97 Å². The molecule has 1 saturated carbocycles. The van der Waals surface area contributed by atoms with Crippen LogP contribution in [0.15, 0.2) is 0 Å². The zero-order valence-corrected chi connectivity index (χ0v) is 12.1. The maximum atomic E-state index is 10.9. The van der Waals surface area contributed by atoms with E-state index in [1.165, 1.54) is 32.1 Å². The Bertz CT molecular complexity index is 457. The van der Waals surface area contributed by atoms with E-state index in [0.29, 0.717) is 6.04 Å². The van der Waals surface area contributed by atoms with Gasteiger partial charge < -0.3 is 5.11 Å². The zero-order chi connectivity index (χ0) is 14.0. The third-order valence-electron chi connectivity index (χ3n) is 4.54. The standard InChI is InChI=1S/C15H24N2O2/c1-4-12-5-7-13(8-6-12)17-11(3)14(9-15(18)19)10(2)16-17/h12-13H,4-9H2,1-3H3,(H,18,19). The molecule has 1 aromatic rings. The van der Waals surface area contributed by atoms with Crippen LogP contribution in [0.3, 0.4) is 0 Å². The van der Waals surface area contributed by atoms with Gasteiger partial charge in [0, 0.05) is 11.3 Å². The maximum absolute atomic E-state index is 10.9. The summed E-state index contributed by atoms with van der Waals surface area (Å²) < 4.78 is 2.08. The van der Waals surface area contributed by atoms with Crippen molar-refractivity contribution in [2.45, 2.75) is 65.3 Å². The highest BCUT2D eigenvalue weighted by molar-refractivity contribution is 5.70. The molecule has 4 nitrogen and oxygen atoms in total. The van der Waals surface area contributed by atoms with Crippen molar-refractivity contribution in [3.63, 3.8) is 0 Å². The highest BCUT2D eigenvalue weighted by Gasteiger charge is 2.25. The van der Waals surface area contributed by atoms with Crippen molar-refractivity contribution in [3.8, 4) is 0 Å². The minimum absolute atomic E-state index is 0.0853. The van der Waals surface area contributed by atoms with Crippen LogP contribution in [0, 0.1) is 19.8 Å². The van der Waals surface area contributed by atoms with E-state index in [0.717, 1.165) is 22.9 Å². The molecule has 0 bridgehead atoms. The van der Waals surface area contributed by atoms with Crippen LogP contribution < -0.4 is 0 Å². The predicted molar refractivity (Wildman–Crippen MR) is 74.3 cm³/mol. The number of carboxylic acids is 1. The summed E-state index contributed by atoms with van der Waals surface area (Å²) in [4.78, 5) is 10.9. The number of aryl methyl sites for hydroxylation is 1. The largest absolute Gasteiger partial charge is 0.481 e. The fourth-order valence-electron chi connectivity index (χ4n) is 3.26. The number of rotatable bonds is 4. The monoisotopic (exact) mass is 264 g/mol. The smallest absolute Gasteiger partial charge is 0.307 e. The quantitative estimate of drug-likeness (QED) is 0.908. The number of hydrogen-bond acceptors (Lipinski definition) is 2. The Kier molecular flexibility index (Phi) is 4.27. The maximum Gasteiger partial charge on any atom is 0.307 e. The summed E-state index contributed by atoms with van der Waals surface area (Å²) in [6.07, 6.45) is 6.25. The van der Waals surface area contributed by atoms with Crippen molar-refractivity contribution >= 4 is 5.97 Å². The predicted octanol–water partition coefficient (Wildman–Crippen LogP) is 3.27. The molecule has 0 amide bonds. The molecular weight excluding hydrogens is 240 g/mol. The summed E-state index contributed by atoms with van der Waals surface area (Å²) in [5.41, 5.74) is 2.81. The molecule has 0 unspecified atom stereocenters. The topological polar surface area (TPSA) is 55.1 Å². The van der Waals surface area contributed by atoms with E-state index in [4.69, 9.17) is 5.11 Å². The van der Waals surface area contributed by atoms with Crippen molar-refractivity contribution in [2.75, 3.05) is 0 Å². The van der Waals surface area contributed by atoms with E-state index >= 15 is 0 Å². The first kappa shape index (κ1) is 14.1. The van der Waals surface area contributed by atoms with Crippen molar-refractivity contribution in [2.24, 2.45) is 5.92 Å².